The van der Waals surface area contributed by atoms with Crippen LogP contribution in [-0.4, -0.2) is 23.6 Å². The fourth-order valence-corrected chi connectivity index (χ4v) is 8.56. The predicted octanol–water partition coefficient (Wildman–Crippen LogP) is 5.50. The zero-order chi connectivity index (χ0) is 28.9. The predicted molar refractivity (Wildman–Crippen MR) is 159 cm³/mol. The van der Waals surface area contributed by atoms with Gasteiger partial charge in [0.15, 0.2) is 0 Å². The maximum atomic E-state index is 14.3. The number of fused-ring (bicyclic) bond motifs is 1. The standard InChI is InChI=1S/C36H30N2O4/c1-19-8-6-12-22(16-19)37-33(39)27-18-26(21-10-4-3-5-11-21)28-24-14-15-25(29(28)32(27)36(37)42)31-30(24)34(40)38(35(31)41)23-13-7-9-20(2)17-23/h3-17,24-25,27,29-32H,18H2,1-2H3/t24-,25-,27-,29+,30-,31+,32+/m1/s1. The largest absolute Gasteiger partial charge is 0.274 e. The van der Waals surface area contributed by atoms with Crippen molar-refractivity contribution >= 4 is 40.6 Å². The Bertz CT molecular complexity index is 1770. The Labute approximate surface area is 244 Å². The molecule has 2 saturated heterocycles. The summed E-state index contributed by atoms with van der Waals surface area (Å²) in [5, 5.41) is 0. The van der Waals surface area contributed by atoms with Crippen molar-refractivity contribution < 1.29 is 19.2 Å². The Balaban J connectivity index is 1.29. The van der Waals surface area contributed by atoms with E-state index in [0.717, 1.165) is 27.8 Å². The first-order chi connectivity index (χ1) is 20.3. The van der Waals surface area contributed by atoms with Crippen molar-refractivity contribution in [2.45, 2.75) is 20.3 Å². The molecule has 0 radical (unpaired) electrons. The third-order valence-electron chi connectivity index (χ3n) is 10.2. The van der Waals surface area contributed by atoms with Gasteiger partial charge in [0.05, 0.1) is 35.0 Å². The van der Waals surface area contributed by atoms with E-state index in [0.29, 0.717) is 17.8 Å². The summed E-state index contributed by atoms with van der Waals surface area (Å²) in [5.41, 5.74) is 6.25. The van der Waals surface area contributed by atoms with E-state index in [9.17, 15) is 19.2 Å². The van der Waals surface area contributed by atoms with Gasteiger partial charge in [-0.3, -0.25) is 24.1 Å². The van der Waals surface area contributed by atoms with E-state index >= 15 is 0 Å². The van der Waals surface area contributed by atoms with E-state index in [1.807, 2.05) is 92.7 Å². The molecule has 2 bridgehead atoms. The first kappa shape index (κ1) is 25.2. The highest BCUT2D eigenvalue weighted by Crippen LogP contribution is 2.63. The average Bonchev–Trinajstić information content (AvgIpc) is 3.42. The average molecular weight is 555 g/mol. The van der Waals surface area contributed by atoms with Gasteiger partial charge in [-0.2, -0.15) is 0 Å². The highest BCUT2D eigenvalue weighted by molar-refractivity contribution is 6.24. The summed E-state index contributed by atoms with van der Waals surface area (Å²) in [7, 11) is 0. The number of anilines is 2. The highest BCUT2D eigenvalue weighted by atomic mass is 16.2. The zero-order valence-corrected chi connectivity index (χ0v) is 23.4. The fraction of sp³-hybridized carbons (Fsp3) is 0.278. The van der Waals surface area contributed by atoms with E-state index in [2.05, 4.69) is 12.2 Å². The van der Waals surface area contributed by atoms with E-state index in [-0.39, 0.29) is 41.4 Å². The number of imide groups is 2. The summed E-state index contributed by atoms with van der Waals surface area (Å²) in [6.45, 7) is 3.89. The summed E-state index contributed by atoms with van der Waals surface area (Å²) < 4.78 is 0. The molecule has 0 unspecified atom stereocenters. The molecule has 3 aromatic rings. The minimum Gasteiger partial charge on any atom is -0.274 e. The fourth-order valence-electron chi connectivity index (χ4n) is 8.56. The van der Waals surface area contributed by atoms with Gasteiger partial charge in [0.1, 0.15) is 0 Å². The Kier molecular flexibility index (Phi) is 5.37. The van der Waals surface area contributed by atoms with Crippen LogP contribution in [0.5, 0.6) is 0 Å². The number of allylic oxidation sites excluding steroid dienone is 4. The number of carbonyl (C=O) groups is 4. The van der Waals surface area contributed by atoms with Gasteiger partial charge in [0.25, 0.3) is 0 Å². The molecule has 2 aliphatic heterocycles. The molecule has 1 saturated carbocycles. The van der Waals surface area contributed by atoms with Crippen molar-refractivity contribution in [3.05, 3.63) is 113 Å². The van der Waals surface area contributed by atoms with Gasteiger partial charge >= 0.3 is 0 Å². The van der Waals surface area contributed by atoms with Gasteiger partial charge in [-0.1, -0.05) is 72.3 Å². The third-order valence-corrected chi connectivity index (χ3v) is 10.2. The number of hydrogen-bond acceptors (Lipinski definition) is 4. The van der Waals surface area contributed by atoms with Gasteiger partial charge in [-0.05, 0) is 72.7 Å². The molecule has 7 atom stereocenters. The second-order valence-electron chi connectivity index (χ2n) is 12.4. The summed E-state index contributed by atoms with van der Waals surface area (Å²) in [4.78, 5) is 59.3. The molecular weight excluding hydrogens is 524 g/mol. The molecule has 6 aliphatic rings. The van der Waals surface area contributed by atoms with Crippen molar-refractivity contribution in [3.63, 3.8) is 0 Å². The van der Waals surface area contributed by atoms with Crippen molar-refractivity contribution in [1.82, 2.24) is 0 Å². The molecule has 3 aromatic carbocycles. The number of aryl methyl sites for hydroxylation is 2. The Hall–Kier alpha value is -4.58. The molecule has 4 aliphatic carbocycles. The number of benzene rings is 3. The molecule has 208 valence electrons. The molecule has 42 heavy (non-hydrogen) atoms. The van der Waals surface area contributed by atoms with Crippen LogP contribution in [0.2, 0.25) is 0 Å². The molecule has 3 fully saturated rings. The molecule has 4 amide bonds. The second-order valence-corrected chi connectivity index (χ2v) is 12.4. The molecule has 0 spiro atoms. The Morgan fingerprint density at radius 3 is 1.83 bits per heavy atom. The van der Waals surface area contributed by atoms with Crippen LogP contribution in [0.3, 0.4) is 0 Å². The monoisotopic (exact) mass is 554 g/mol. The van der Waals surface area contributed by atoms with Crippen LogP contribution in [0.25, 0.3) is 5.57 Å². The van der Waals surface area contributed by atoms with Crippen LogP contribution >= 0.6 is 0 Å². The molecule has 6 heteroatoms. The van der Waals surface area contributed by atoms with E-state index in [4.69, 9.17) is 0 Å². The maximum Gasteiger partial charge on any atom is 0.238 e. The Morgan fingerprint density at radius 2 is 1.19 bits per heavy atom. The summed E-state index contributed by atoms with van der Waals surface area (Å²) in [6, 6.07) is 25.0. The summed E-state index contributed by atoms with van der Waals surface area (Å²) >= 11 is 0. The normalized spacial score (nSPS) is 31.1. The maximum absolute atomic E-state index is 14.3. The van der Waals surface area contributed by atoms with Crippen LogP contribution in [-0.2, 0) is 19.2 Å². The minimum atomic E-state index is -0.574. The highest BCUT2D eigenvalue weighted by Gasteiger charge is 2.67. The molecule has 9 rings (SSSR count). The van der Waals surface area contributed by atoms with Gasteiger partial charge < -0.3 is 0 Å². The minimum absolute atomic E-state index is 0.175. The molecule has 0 aromatic heterocycles. The number of rotatable bonds is 3. The van der Waals surface area contributed by atoms with Crippen molar-refractivity contribution in [2.75, 3.05) is 9.80 Å². The van der Waals surface area contributed by atoms with E-state index in [1.54, 1.807) is 0 Å². The van der Waals surface area contributed by atoms with Gasteiger partial charge in [0.2, 0.25) is 23.6 Å². The van der Waals surface area contributed by atoms with Crippen molar-refractivity contribution in [1.29, 1.82) is 0 Å². The first-order valence-electron chi connectivity index (χ1n) is 14.7. The van der Waals surface area contributed by atoms with Gasteiger partial charge in [-0.15, -0.1) is 0 Å². The van der Waals surface area contributed by atoms with Crippen molar-refractivity contribution in [2.24, 2.45) is 41.4 Å². The lowest BCUT2D eigenvalue weighted by atomic mass is 9.49. The second kappa shape index (κ2) is 8.96. The van der Waals surface area contributed by atoms with E-state index < -0.39 is 23.7 Å². The van der Waals surface area contributed by atoms with E-state index in [1.165, 1.54) is 9.80 Å². The number of carbonyl (C=O) groups excluding carboxylic acids is 4. The molecule has 2 heterocycles. The summed E-state index contributed by atoms with van der Waals surface area (Å²) in [5.74, 6) is -3.90. The molecule has 6 nitrogen and oxygen atoms in total. The van der Waals surface area contributed by atoms with Crippen LogP contribution in [0.4, 0.5) is 11.4 Å². The van der Waals surface area contributed by atoms with Crippen LogP contribution < -0.4 is 9.80 Å². The quantitative estimate of drug-likeness (QED) is 0.316. The van der Waals surface area contributed by atoms with Gasteiger partial charge in [0, 0.05) is 11.8 Å². The van der Waals surface area contributed by atoms with Crippen LogP contribution in [0.15, 0.2) is 96.6 Å². The number of nitrogens with zero attached hydrogens (tertiary/aromatic N) is 2. The lowest BCUT2D eigenvalue weighted by Crippen LogP contribution is -2.51. The lowest BCUT2D eigenvalue weighted by molar-refractivity contribution is -0.129. The SMILES string of the molecule is Cc1cccc(N2C(=O)[C@H]3[C@@H]4C=C[C@H](C5=C(c6ccccc6)C[C@H]6C(=O)N(c7cccc(C)c7)C(=O)[C@@H]6[C@H]54)[C@H]3C2=O)c1. The number of amides is 4. The third kappa shape index (κ3) is 3.32. The van der Waals surface area contributed by atoms with Crippen LogP contribution in [0, 0.1) is 55.3 Å². The summed E-state index contributed by atoms with van der Waals surface area (Å²) in [6.07, 6.45) is 4.58. The zero-order valence-electron chi connectivity index (χ0n) is 23.4. The smallest absolute Gasteiger partial charge is 0.238 e. The van der Waals surface area contributed by atoms with Crippen molar-refractivity contribution in [3.8, 4) is 0 Å². The molecule has 0 N–H and O–H groups in total. The first-order valence-corrected chi connectivity index (χ1v) is 14.7. The molecular formula is C36H30N2O4. The Morgan fingerprint density at radius 1 is 0.595 bits per heavy atom. The topological polar surface area (TPSA) is 74.8 Å². The lowest BCUT2D eigenvalue weighted by Gasteiger charge is -2.51. The van der Waals surface area contributed by atoms with Gasteiger partial charge in [-0.25, -0.2) is 4.90 Å². The van der Waals surface area contributed by atoms with Crippen LogP contribution in [0.1, 0.15) is 23.1 Å². The number of hydrogen-bond donors (Lipinski definition) is 0.